The molecule has 1 amide bonds. The molecule has 0 fully saturated rings. The van der Waals surface area contributed by atoms with Crippen molar-refractivity contribution < 1.29 is 28.6 Å². The Labute approximate surface area is 156 Å². The van der Waals surface area contributed by atoms with E-state index >= 15 is 0 Å². The summed E-state index contributed by atoms with van der Waals surface area (Å²) in [5, 5.41) is 12.3. The molecule has 0 radical (unpaired) electrons. The molecule has 3 N–H and O–H groups in total. The van der Waals surface area contributed by atoms with Crippen LogP contribution in [0.25, 0.3) is 0 Å². The number of amides is 1. The van der Waals surface area contributed by atoms with E-state index in [1.807, 2.05) is 34.6 Å². The number of hydrogen-bond donors (Lipinski definition) is 3. The van der Waals surface area contributed by atoms with E-state index in [9.17, 15) is 19.4 Å². The number of nitrogens with zero attached hydrogens (tertiary/aromatic N) is 1. The Kier molecular flexibility index (Phi) is 8.76. The zero-order valence-corrected chi connectivity index (χ0v) is 17.2. The van der Waals surface area contributed by atoms with Gasteiger partial charge in [0.2, 0.25) is 5.91 Å². The van der Waals surface area contributed by atoms with Crippen molar-refractivity contribution in [3.8, 4) is 0 Å². The minimum Gasteiger partial charge on any atom is -0.392 e. The van der Waals surface area contributed by atoms with Gasteiger partial charge in [-0.05, 0) is 17.8 Å². The lowest BCUT2D eigenvalue weighted by atomic mass is 10.0. The highest BCUT2D eigenvalue weighted by molar-refractivity contribution is 7.52. The summed E-state index contributed by atoms with van der Waals surface area (Å²) in [5.74, 6) is 0.0728. The van der Waals surface area contributed by atoms with Crippen molar-refractivity contribution in [2.45, 2.75) is 53.4 Å². The van der Waals surface area contributed by atoms with Crippen LogP contribution in [0.15, 0.2) is 12.3 Å². The zero-order chi connectivity index (χ0) is 20.0. The minimum absolute atomic E-state index is 0.0392. The second-order valence-corrected chi connectivity index (χ2v) is 10.1. The Morgan fingerprint density at radius 3 is 2.50 bits per heavy atom. The van der Waals surface area contributed by atoms with Gasteiger partial charge in [-0.2, -0.15) is 0 Å². The summed E-state index contributed by atoms with van der Waals surface area (Å²) in [6.45, 7) is 9.55. The number of ether oxygens (including phenoxy) is 1. The lowest BCUT2D eigenvalue weighted by molar-refractivity contribution is -0.131. The normalized spacial score (nSPS) is 20.0. The Morgan fingerprint density at radius 1 is 1.38 bits per heavy atom. The zero-order valence-electron chi connectivity index (χ0n) is 16.3. The van der Waals surface area contributed by atoms with Crippen LogP contribution >= 0.6 is 7.60 Å². The molecule has 1 aliphatic rings. The molecule has 0 saturated carbocycles. The van der Waals surface area contributed by atoms with E-state index in [1.165, 1.54) is 6.08 Å². The molecule has 0 aliphatic carbocycles. The topological polar surface area (TPSA) is 108 Å². The first kappa shape index (κ1) is 23.1. The third kappa shape index (κ3) is 9.14. The predicted octanol–water partition coefficient (Wildman–Crippen LogP) is 1.89. The predicted molar refractivity (Wildman–Crippen MR) is 99.3 cm³/mol. The molecule has 0 spiro atoms. The summed E-state index contributed by atoms with van der Waals surface area (Å²) in [5.41, 5.74) is -0.330. The number of carbonyl (C=O) groups is 1. The average molecular weight is 392 g/mol. The second-order valence-electron chi connectivity index (χ2n) is 8.21. The molecule has 1 aliphatic heterocycles. The first-order valence-corrected chi connectivity index (χ1v) is 10.6. The summed E-state index contributed by atoms with van der Waals surface area (Å²) >= 11 is 0. The number of nitrogens with one attached hydrogen (secondary N) is 1. The van der Waals surface area contributed by atoms with Crippen molar-refractivity contribution in [2.75, 3.05) is 26.0 Å². The van der Waals surface area contributed by atoms with Crippen molar-refractivity contribution in [3.63, 3.8) is 0 Å². The third-order valence-electron chi connectivity index (χ3n) is 3.60. The number of carbonyl (C=O) groups excluding carboxylic acids is 1. The fraction of sp³-hybridized carbons (Fsp3) is 0.824. The molecule has 0 aromatic carbocycles. The van der Waals surface area contributed by atoms with E-state index in [-0.39, 0.29) is 43.3 Å². The van der Waals surface area contributed by atoms with Crippen LogP contribution in [0.2, 0.25) is 0 Å². The summed E-state index contributed by atoms with van der Waals surface area (Å²) in [6, 6.07) is 0. The third-order valence-corrected chi connectivity index (χ3v) is 5.50. The minimum atomic E-state index is -3.73. The van der Waals surface area contributed by atoms with Crippen molar-refractivity contribution >= 4 is 13.5 Å². The molecule has 3 atom stereocenters. The van der Waals surface area contributed by atoms with Crippen molar-refractivity contribution in [2.24, 2.45) is 11.3 Å². The van der Waals surface area contributed by atoms with Gasteiger partial charge in [0.1, 0.15) is 0 Å². The highest BCUT2D eigenvalue weighted by Gasteiger charge is 2.30. The van der Waals surface area contributed by atoms with Crippen LogP contribution in [0.3, 0.4) is 0 Å². The van der Waals surface area contributed by atoms with Gasteiger partial charge >= 0.3 is 7.60 Å². The summed E-state index contributed by atoms with van der Waals surface area (Å²) in [7, 11) is -3.73. The highest BCUT2D eigenvalue weighted by atomic mass is 31.2. The molecule has 0 aromatic rings. The van der Waals surface area contributed by atoms with E-state index in [2.05, 4.69) is 5.32 Å². The first-order chi connectivity index (χ1) is 11.9. The average Bonchev–Trinajstić information content (AvgIpc) is 2.48. The van der Waals surface area contributed by atoms with E-state index in [4.69, 9.17) is 9.26 Å². The van der Waals surface area contributed by atoms with Gasteiger partial charge in [-0.1, -0.05) is 34.6 Å². The number of rotatable bonds is 10. The smallest absolute Gasteiger partial charge is 0.328 e. The molecule has 0 saturated heterocycles. The van der Waals surface area contributed by atoms with Crippen LogP contribution < -0.4 is 5.32 Å². The van der Waals surface area contributed by atoms with Gasteiger partial charge in [0, 0.05) is 12.3 Å². The fourth-order valence-corrected chi connectivity index (χ4v) is 4.31. The van der Waals surface area contributed by atoms with Gasteiger partial charge in [0.15, 0.2) is 6.23 Å². The maximum Gasteiger partial charge on any atom is 0.328 e. The quantitative estimate of drug-likeness (QED) is 0.487. The molecule has 1 heterocycles. The maximum absolute atomic E-state index is 12.3. The molecular formula is C17H33N2O6P. The van der Waals surface area contributed by atoms with Gasteiger partial charge in [0.05, 0.1) is 32.1 Å². The molecule has 26 heavy (non-hydrogen) atoms. The second kappa shape index (κ2) is 9.85. The van der Waals surface area contributed by atoms with Crippen molar-refractivity contribution in [1.82, 2.24) is 10.2 Å². The molecule has 0 aromatic heterocycles. The standard InChI is InChI=1S/C17H33N2O6P/c1-13(2)8-14(10-24-26(22,23)11-17(3,4)5)25-16(9-20)19-7-6-15(21)18-12-19/h6-7,13-14,16,20H,8-12H2,1-5H3,(H,18,21)(H,22,23)/t14?,16-/m1/s1. The summed E-state index contributed by atoms with van der Waals surface area (Å²) in [4.78, 5) is 22.9. The number of aliphatic hydroxyl groups excluding tert-OH is 1. The maximum atomic E-state index is 12.3. The fourth-order valence-electron chi connectivity index (χ4n) is 2.62. The first-order valence-electron chi connectivity index (χ1n) is 8.86. The largest absolute Gasteiger partial charge is 0.392 e. The van der Waals surface area contributed by atoms with Crippen molar-refractivity contribution in [1.29, 1.82) is 0 Å². The van der Waals surface area contributed by atoms with E-state index < -0.39 is 19.9 Å². The summed E-state index contributed by atoms with van der Waals surface area (Å²) in [6.07, 6.45) is 2.44. The Hall–Kier alpha value is -0.920. The Morgan fingerprint density at radius 2 is 2.04 bits per heavy atom. The van der Waals surface area contributed by atoms with Gasteiger partial charge in [-0.3, -0.25) is 9.36 Å². The monoisotopic (exact) mass is 392 g/mol. The lowest BCUT2D eigenvalue weighted by Gasteiger charge is -2.34. The van der Waals surface area contributed by atoms with Crippen molar-refractivity contribution in [3.05, 3.63) is 12.3 Å². The Bertz CT molecular complexity index is 532. The molecule has 2 unspecified atom stereocenters. The summed E-state index contributed by atoms with van der Waals surface area (Å²) < 4.78 is 23.5. The molecule has 152 valence electrons. The van der Waals surface area contributed by atoms with Crippen LogP contribution in [0.1, 0.15) is 41.0 Å². The highest BCUT2D eigenvalue weighted by Crippen LogP contribution is 2.47. The molecule has 0 bridgehead atoms. The van der Waals surface area contributed by atoms with Crippen LogP contribution in [0.5, 0.6) is 0 Å². The molecular weight excluding hydrogens is 359 g/mol. The van der Waals surface area contributed by atoms with E-state index in [0.717, 1.165) is 0 Å². The van der Waals surface area contributed by atoms with Gasteiger partial charge < -0.3 is 29.5 Å². The van der Waals surface area contributed by atoms with Gasteiger partial charge in [0.25, 0.3) is 0 Å². The van der Waals surface area contributed by atoms with E-state index in [1.54, 1.807) is 11.1 Å². The number of hydrogen-bond acceptors (Lipinski definition) is 6. The SMILES string of the molecule is CC(C)CC(COP(=O)(O)CC(C)(C)C)O[C@H](CO)N1C=CC(=O)NC1. The van der Waals surface area contributed by atoms with Crippen LogP contribution in [0, 0.1) is 11.3 Å². The molecule has 8 nitrogen and oxygen atoms in total. The van der Waals surface area contributed by atoms with E-state index in [0.29, 0.717) is 6.42 Å². The van der Waals surface area contributed by atoms with Gasteiger partial charge in [-0.25, -0.2) is 0 Å². The molecule has 1 rings (SSSR count). The van der Waals surface area contributed by atoms with Crippen LogP contribution in [-0.4, -0.2) is 59.2 Å². The number of aliphatic hydroxyl groups is 1. The van der Waals surface area contributed by atoms with Gasteiger partial charge in [-0.15, -0.1) is 0 Å². The van der Waals surface area contributed by atoms with Crippen LogP contribution in [0.4, 0.5) is 0 Å². The lowest BCUT2D eigenvalue weighted by Crippen LogP contribution is -2.47. The van der Waals surface area contributed by atoms with Crippen LogP contribution in [-0.2, 0) is 18.6 Å². The molecule has 9 heteroatoms. The Balaban J connectivity index is 2.71.